The van der Waals surface area contributed by atoms with Crippen LogP contribution in [-0.4, -0.2) is 24.9 Å². The van der Waals surface area contributed by atoms with Crippen LogP contribution in [0.5, 0.6) is 11.5 Å². The van der Waals surface area contributed by atoms with Crippen molar-refractivity contribution < 1.29 is 19.2 Å². The lowest BCUT2D eigenvalue weighted by Crippen LogP contribution is -1.99. The summed E-state index contributed by atoms with van der Waals surface area (Å²) in [5, 5.41) is 10.9. The average Bonchev–Trinajstić information content (AvgIpc) is 2.59. The van der Waals surface area contributed by atoms with Crippen molar-refractivity contribution in [1.82, 2.24) is 0 Å². The van der Waals surface area contributed by atoms with Gasteiger partial charge in [-0.05, 0) is 35.9 Å². The summed E-state index contributed by atoms with van der Waals surface area (Å²) in [7, 11) is 2.96. The van der Waals surface area contributed by atoms with E-state index >= 15 is 0 Å². The molecule has 2 aromatic carbocycles. The number of hydrogen-bond donors (Lipinski definition) is 0. The molecule has 0 bridgehead atoms. The van der Waals surface area contributed by atoms with Crippen molar-refractivity contribution in [3.63, 3.8) is 0 Å². The number of benzene rings is 2. The van der Waals surface area contributed by atoms with Gasteiger partial charge in [0.05, 0.1) is 24.7 Å². The van der Waals surface area contributed by atoms with Crippen LogP contribution in [0.2, 0.25) is 5.02 Å². The highest BCUT2D eigenvalue weighted by molar-refractivity contribution is 6.32. The number of rotatable bonds is 6. The van der Waals surface area contributed by atoms with E-state index in [9.17, 15) is 14.9 Å². The summed E-state index contributed by atoms with van der Waals surface area (Å²) < 4.78 is 10.3. The lowest BCUT2D eigenvalue weighted by molar-refractivity contribution is -0.384. The molecular weight excluding hydrogens is 334 g/mol. The molecule has 0 saturated carbocycles. The lowest BCUT2D eigenvalue weighted by atomic mass is 10.1. The maximum absolute atomic E-state index is 12.4. The van der Waals surface area contributed by atoms with Gasteiger partial charge >= 0.3 is 0 Å². The first-order chi connectivity index (χ1) is 11.5. The number of ether oxygens (including phenoxy) is 2. The minimum absolute atomic E-state index is 0.0398. The number of nitro benzene ring substituents is 1. The van der Waals surface area contributed by atoms with Crippen LogP contribution >= 0.6 is 11.6 Å². The van der Waals surface area contributed by atoms with Gasteiger partial charge in [0.15, 0.2) is 5.78 Å². The molecule has 0 heterocycles. The zero-order valence-corrected chi connectivity index (χ0v) is 13.7. The molecule has 0 aliphatic carbocycles. The van der Waals surface area contributed by atoms with Crippen molar-refractivity contribution in [2.45, 2.75) is 0 Å². The molecule has 0 radical (unpaired) electrons. The number of methoxy groups -OCH3 is 2. The summed E-state index contributed by atoms with van der Waals surface area (Å²) in [6, 6.07) is 9.18. The summed E-state index contributed by atoms with van der Waals surface area (Å²) >= 11 is 5.76. The Kier molecular flexibility index (Phi) is 5.55. The molecule has 2 rings (SSSR count). The molecule has 0 aliphatic heterocycles. The van der Waals surface area contributed by atoms with Crippen molar-refractivity contribution >= 4 is 29.1 Å². The van der Waals surface area contributed by atoms with Gasteiger partial charge in [0.2, 0.25) is 0 Å². The monoisotopic (exact) mass is 347 g/mol. The van der Waals surface area contributed by atoms with Gasteiger partial charge in [-0.25, -0.2) is 0 Å². The average molecular weight is 348 g/mol. The Morgan fingerprint density at radius 2 is 1.92 bits per heavy atom. The summed E-state index contributed by atoms with van der Waals surface area (Å²) in [5.74, 6) is 0.616. The van der Waals surface area contributed by atoms with Gasteiger partial charge < -0.3 is 9.47 Å². The molecule has 2 aromatic rings. The van der Waals surface area contributed by atoms with Gasteiger partial charge in [0.25, 0.3) is 5.69 Å². The standard InChI is InChI=1S/C17H14ClNO5/c1-23-12-5-8-17(24-2)13(10-12)16(20)7-4-11-3-6-14(18)15(9-11)19(21)22/h3-10H,1-2H3. The van der Waals surface area contributed by atoms with Crippen LogP contribution in [0.15, 0.2) is 42.5 Å². The third-order valence-electron chi connectivity index (χ3n) is 3.27. The second-order valence-electron chi connectivity index (χ2n) is 4.73. The van der Waals surface area contributed by atoms with E-state index in [4.69, 9.17) is 21.1 Å². The van der Waals surface area contributed by atoms with E-state index in [0.29, 0.717) is 22.6 Å². The minimum atomic E-state index is -0.577. The fourth-order valence-electron chi connectivity index (χ4n) is 2.04. The summed E-state index contributed by atoms with van der Waals surface area (Å²) in [6.07, 6.45) is 2.79. The zero-order valence-electron chi connectivity index (χ0n) is 13.0. The maximum Gasteiger partial charge on any atom is 0.288 e. The van der Waals surface area contributed by atoms with Crippen LogP contribution in [0, 0.1) is 10.1 Å². The number of halogens is 1. The topological polar surface area (TPSA) is 78.7 Å². The summed E-state index contributed by atoms with van der Waals surface area (Å²) in [4.78, 5) is 22.7. The van der Waals surface area contributed by atoms with Gasteiger partial charge in [0.1, 0.15) is 16.5 Å². The largest absolute Gasteiger partial charge is 0.497 e. The van der Waals surface area contributed by atoms with E-state index in [1.54, 1.807) is 24.3 Å². The van der Waals surface area contributed by atoms with E-state index in [1.165, 1.54) is 38.5 Å². The van der Waals surface area contributed by atoms with Crippen molar-refractivity contribution in [3.8, 4) is 11.5 Å². The van der Waals surface area contributed by atoms with Gasteiger partial charge in [-0.2, -0.15) is 0 Å². The second kappa shape index (κ2) is 7.61. The first-order valence-corrected chi connectivity index (χ1v) is 7.22. The zero-order chi connectivity index (χ0) is 17.7. The van der Waals surface area contributed by atoms with E-state index in [0.717, 1.165) is 0 Å². The molecule has 124 valence electrons. The van der Waals surface area contributed by atoms with Crippen molar-refractivity contribution in [2.75, 3.05) is 14.2 Å². The van der Waals surface area contributed by atoms with Crippen LogP contribution in [0.25, 0.3) is 6.08 Å². The SMILES string of the molecule is COc1ccc(OC)c(C(=O)C=Cc2ccc(Cl)c([N+](=O)[O-])c2)c1. The molecule has 0 aliphatic rings. The van der Waals surface area contributed by atoms with Gasteiger partial charge in [-0.15, -0.1) is 0 Å². The predicted octanol–water partition coefficient (Wildman–Crippen LogP) is 4.16. The highest BCUT2D eigenvalue weighted by atomic mass is 35.5. The Labute approximate surface area is 143 Å². The van der Waals surface area contributed by atoms with Crippen molar-refractivity contribution in [1.29, 1.82) is 0 Å². The molecule has 24 heavy (non-hydrogen) atoms. The minimum Gasteiger partial charge on any atom is -0.497 e. The Bertz CT molecular complexity index is 817. The molecule has 7 heteroatoms. The fraction of sp³-hybridized carbons (Fsp3) is 0.118. The molecule has 6 nitrogen and oxygen atoms in total. The van der Waals surface area contributed by atoms with Crippen LogP contribution in [0.3, 0.4) is 0 Å². The normalized spacial score (nSPS) is 10.6. The van der Waals surface area contributed by atoms with E-state index in [2.05, 4.69) is 0 Å². The summed E-state index contributed by atoms with van der Waals surface area (Å²) in [6.45, 7) is 0. The van der Waals surface area contributed by atoms with E-state index in [1.807, 2.05) is 0 Å². The molecular formula is C17H14ClNO5. The van der Waals surface area contributed by atoms with Gasteiger partial charge in [0, 0.05) is 6.07 Å². The van der Waals surface area contributed by atoms with Crippen molar-refractivity contribution in [3.05, 3.63) is 68.7 Å². The first-order valence-electron chi connectivity index (χ1n) is 6.84. The Balaban J connectivity index is 2.31. The summed E-state index contributed by atoms with van der Waals surface area (Å²) in [5.41, 5.74) is 0.600. The number of carbonyl (C=O) groups excluding carboxylic acids is 1. The quantitative estimate of drug-likeness (QED) is 0.339. The molecule has 0 unspecified atom stereocenters. The van der Waals surface area contributed by atoms with Gasteiger partial charge in [-0.3, -0.25) is 14.9 Å². The first kappa shape index (κ1) is 17.5. The predicted molar refractivity (Wildman–Crippen MR) is 91.0 cm³/mol. The molecule has 0 spiro atoms. The van der Waals surface area contributed by atoms with E-state index in [-0.39, 0.29) is 16.5 Å². The number of ketones is 1. The smallest absolute Gasteiger partial charge is 0.288 e. The molecule has 0 amide bonds. The number of nitro groups is 1. The maximum atomic E-state index is 12.4. The van der Waals surface area contributed by atoms with Gasteiger partial charge in [-0.1, -0.05) is 23.7 Å². The molecule has 0 atom stereocenters. The fourth-order valence-corrected chi connectivity index (χ4v) is 2.23. The number of allylic oxidation sites excluding steroid dienone is 1. The second-order valence-corrected chi connectivity index (χ2v) is 5.14. The molecule has 0 fully saturated rings. The molecule has 0 aromatic heterocycles. The molecule has 0 N–H and O–H groups in total. The van der Waals surface area contributed by atoms with Crippen LogP contribution in [0.4, 0.5) is 5.69 Å². The van der Waals surface area contributed by atoms with Crippen LogP contribution in [0.1, 0.15) is 15.9 Å². The third kappa shape index (κ3) is 3.91. The van der Waals surface area contributed by atoms with Crippen LogP contribution < -0.4 is 9.47 Å². The highest BCUT2D eigenvalue weighted by Gasteiger charge is 2.13. The Hall–Kier alpha value is -2.86. The molecule has 0 saturated heterocycles. The lowest BCUT2D eigenvalue weighted by Gasteiger charge is -2.07. The third-order valence-corrected chi connectivity index (χ3v) is 3.59. The van der Waals surface area contributed by atoms with Crippen LogP contribution in [-0.2, 0) is 0 Å². The Morgan fingerprint density at radius 1 is 1.17 bits per heavy atom. The number of nitrogens with zero attached hydrogens (tertiary/aromatic N) is 1. The Morgan fingerprint density at radius 3 is 2.54 bits per heavy atom. The number of hydrogen-bond acceptors (Lipinski definition) is 5. The number of carbonyl (C=O) groups is 1. The van der Waals surface area contributed by atoms with Crippen molar-refractivity contribution in [2.24, 2.45) is 0 Å². The van der Waals surface area contributed by atoms with E-state index < -0.39 is 4.92 Å². The highest BCUT2D eigenvalue weighted by Crippen LogP contribution is 2.27.